The van der Waals surface area contributed by atoms with Crippen molar-refractivity contribution in [3.05, 3.63) is 57.8 Å². The van der Waals surface area contributed by atoms with Gasteiger partial charge in [0.1, 0.15) is 5.75 Å². The van der Waals surface area contributed by atoms with Crippen molar-refractivity contribution in [3.63, 3.8) is 0 Å². The largest absolute Gasteiger partial charge is 0.495 e. The van der Waals surface area contributed by atoms with Gasteiger partial charge in [0.2, 0.25) is 0 Å². The number of halogens is 2. The van der Waals surface area contributed by atoms with Crippen molar-refractivity contribution in [2.24, 2.45) is 0 Å². The van der Waals surface area contributed by atoms with Crippen molar-refractivity contribution >= 4 is 23.2 Å². The van der Waals surface area contributed by atoms with Crippen molar-refractivity contribution in [2.45, 2.75) is 19.4 Å². The van der Waals surface area contributed by atoms with Gasteiger partial charge in [0.15, 0.2) is 0 Å². The summed E-state index contributed by atoms with van der Waals surface area (Å²) >= 11 is 12.4. The molecule has 0 aliphatic heterocycles. The maximum absolute atomic E-state index is 6.29. The van der Waals surface area contributed by atoms with Crippen LogP contribution in [0.4, 0.5) is 0 Å². The van der Waals surface area contributed by atoms with E-state index in [9.17, 15) is 0 Å². The number of hydrogen-bond acceptors (Lipinski definition) is 3. The molecule has 0 aliphatic rings. The molecule has 0 bridgehead atoms. The molecule has 0 saturated heterocycles. The van der Waals surface area contributed by atoms with Gasteiger partial charge in [-0.2, -0.15) is 0 Å². The zero-order valence-electron chi connectivity index (χ0n) is 12.1. The molecule has 2 aromatic rings. The third-order valence-corrected chi connectivity index (χ3v) is 3.85. The van der Waals surface area contributed by atoms with E-state index < -0.39 is 0 Å². The third-order valence-electron chi connectivity index (χ3n) is 3.22. The average Bonchev–Trinajstić information content (AvgIpc) is 2.50. The fourth-order valence-electron chi connectivity index (χ4n) is 2.17. The van der Waals surface area contributed by atoms with Crippen LogP contribution in [0.15, 0.2) is 36.7 Å². The van der Waals surface area contributed by atoms with Crippen LogP contribution < -0.4 is 10.1 Å². The highest BCUT2D eigenvalue weighted by Crippen LogP contribution is 2.32. The summed E-state index contributed by atoms with van der Waals surface area (Å²) in [4.78, 5) is 4.04. The van der Waals surface area contributed by atoms with Crippen molar-refractivity contribution < 1.29 is 4.74 Å². The van der Waals surface area contributed by atoms with Crippen LogP contribution in [0.5, 0.6) is 5.75 Å². The van der Waals surface area contributed by atoms with Gasteiger partial charge >= 0.3 is 0 Å². The molecule has 1 N–H and O–H groups in total. The summed E-state index contributed by atoms with van der Waals surface area (Å²) in [7, 11) is 1.61. The fraction of sp³-hybridized carbons (Fsp3) is 0.312. The number of methoxy groups -OCH3 is 1. The smallest absolute Gasteiger partial charge is 0.137 e. The Morgan fingerprint density at radius 3 is 2.71 bits per heavy atom. The van der Waals surface area contributed by atoms with E-state index in [1.807, 2.05) is 24.3 Å². The van der Waals surface area contributed by atoms with Crippen molar-refractivity contribution in [1.82, 2.24) is 10.3 Å². The molecule has 0 saturated carbocycles. The molecule has 21 heavy (non-hydrogen) atoms. The highest BCUT2D eigenvalue weighted by molar-refractivity contribution is 6.32. The van der Waals surface area contributed by atoms with Crippen LogP contribution in [0.3, 0.4) is 0 Å². The number of rotatable bonds is 6. The molecule has 0 spiro atoms. The van der Waals surface area contributed by atoms with Crippen molar-refractivity contribution in [3.8, 4) is 5.75 Å². The lowest BCUT2D eigenvalue weighted by atomic mass is 9.99. The molecule has 0 amide bonds. The van der Waals surface area contributed by atoms with E-state index in [1.54, 1.807) is 19.5 Å². The first-order valence-electron chi connectivity index (χ1n) is 6.83. The molecule has 1 aromatic carbocycles. The lowest BCUT2D eigenvalue weighted by Gasteiger charge is -2.21. The Balaban J connectivity index is 2.43. The maximum atomic E-state index is 6.29. The Bertz CT molecular complexity index is 605. The van der Waals surface area contributed by atoms with Gasteiger partial charge in [0, 0.05) is 12.4 Å². The van der Waals surface area contributed by atoms with E-state index in [2.05, 4.69) is 17.2 Å². The Labute approximate surface area is 135 Å². The van der Waals surface area contributed by atoms with Crippen molar-refractivity contribution in [2.75, 3.05) is 13.7 Å². The minimum atomic E-state index is -0.0217. The van der Waals surface area contributed by atoms with Gasteiger partial charge in [-0.15, -0.1) is 0 Å². The van der Waals surface area contributed by atoms with Gasteiger partial charge in [-0.3, -0.25) is 4.98 Å². The van der Waals surface area contributed by atoms with Gasteiger partial charge in [-0.05, 0) is 42.3 Å². The lowest BCUT2D eigenvalue weighted by Crippen LogP contribution is -2.23. The van der Waals surface area contributed by atoms with Crippen LogP contribution in [0, 0.1) is 0 Å². The SMILES string of the molecule is CCCNC(c1ccc(Cl)c(OC)c1)c1ccncc1Cl. The Kier molecular flexibility index (Phi) is 5.85. The van der Waals surface area contributed by atoms with Crippen LogP contribution in [0.1, 0.15) is 30.5 Å². The highest BCUT2D eigenvalue weighted by atomic mass is 35.5. The summed E-state index contributed by atoms with van der Waals surface area (Å²) in [5.74, 6) is 0.655. The lowest BCUT2D eigenvalue weighted by molar-refractivity contribution is 0.414. The monoisotopic (exact) mass is 324 g/mol. The second kappa shape index (κ2) is 7.64. The fourth-order valence-corrected chi connectivity index (χ4v) is 2.60. The first kappa shape index (κ1) is 16.1. The summed E-state index contributed by atoms with van der Waals surface area (Å²) in [6, 6.07) is 7.66. The molecule has 1 heterocycles. The summed E-state index contributed by atoms with van der Waals surface area (Å²) in [6.07, 6.45) is 4.43. The third kappa shape index (κ3) is 3.88. The normalized spacial score (nSPS) is 12.2. The second-order valence-corrected chi connectivity index (χ2v) is 5.49. The van der Waals surface area contributed by atoms with E-state index in [0.29, 0.717) is 15.8 Å². The van der Waals surface area contributed by atoms with Gasteiger partial charge in [-0.1, -0.05) is 36.2 Å². The average molecular weight is 325 g/mol. The van der Waals surface area contributed by atoms with Crippen LogP contribution in [0.25, 0.3) is 0 Å². The minimum Gasteiger partial charge on any atom is -0.495 e. The number of nitrogens with one attached hydrogen (secondary N) is 1. The van der Waals surface area contributed by atoms with Crippen LogP contribution in [0.2, 0.25) is 10.0 Å². The molecule has 1 atom stereocenters. The quantitative estimate of drug-likeness (QED) is 0.850. The van der Waals surface area contributed by atoms with E-state index in [4.69, 9.17) is 27.9 Å². The molecule has 0 aliphatic carbocycles. The highest BCUT2D eigenvalue weighted by Gasteiger charge is 2.17. The number of ether oxygens (including phenoxy) is 1. The number of benzene rings is 1. The molecule has 0 radical (unpaired) electrons. The Hall–Kier alpha value is -1.29. The van der Waals surface area contributed by atoms with E-state index in [1.165, 1.54) is 0 Å². The zero-order valence-corrected chi connectivity index (χ0v) is 13.6. The Morgan fingerprint density at radius 1 is 1.24 bits per heavy atom. The summed E-state index contributed by atoms with van der Waals surface area (Å²) in [6.45, 7) is 3.01. The minimum absolute atomic E-state index is 0.0217. The summed E-state index contributed by atoms with van der Waals surface area (Å²) in [5, 5.41) is 4.74. The first-order valence-corrected chi connectivity index (χ1v) is 7.59. The molecule has 5 heteroatoms. The standard InChI is InChI=1S/C16H18Cl2N2O/c1-3-7-20-16(12-6-8-19-10-14(12)18)11-4-5-13(17)15(9-11)21-2/h4-6,8-10,16,20H,3,7H2,1-2H3. The molecule has 2 rings (SSSR count). The summed E-state index contributed by atoms with van der Waals surface area (Å²) < 4.78 is 5.30. The number of hydrogen-bond donors (Lipinski definition) is 1. The molecule has 1 aromatic heterocycles. The topological polar surface area (TPSA) is 34.1 Å². The van der Waals surface area contributed by atoms with Crippen LogP contribution in [-0.4, -0.2) is 18.6 Å². The number of pyridine rings is 1. The van der Waals surface area contributed by atoms with E-state index >= 15 is 0 Å². The van der Waals surface area contributed by atoms with Gasteiger partial charge < -0.3 is 10.1 Å². The van der Waals surface area contributed by atoms with E-state index in [-0.39, 0.29) is 6.04 Å². The van der Waals surface area contributed by atoms with Crippen LogP contribution >= 0.6 is 23.2 Å². The predicted octanol–water partition coefficient (Wildman–Crippen LogP) is 4.49. The Morgan fingerprint density at radius 2 is 2.05 bits per heavy atom. The number of nitrogens with zero attached hydrogens (tertiary/aromatic N) is 1. The van der Waals surface area contributed by atoms with Gasteiger partial charge in [0.25, 0.3) is 0 Å². The summed E-state index contributed by atoms with van der Waals surface area (Å²) in [5.41, 5.74) is 2.04. The van der Waals surface area contributed by atoms with Crippen molar-refractivity contribution in [1.29, 1.82) is 0 Å². The molecule has 3 nitrogen and oxygen atoms in total. The molecule has 0 fully saturated rings. The zero-order chi connectivity index (χ0) is 15.2. The second-order valence-electron chi connectivity index (χ2n) is 4.68. The van der Waals surface area contributed by atoms with Crippen LogP contribution in [-0.2, 0) is 0 Å². The number of aromatic nitrogens is 1. The maximum Gasteiger partial charge on any atom is 0.137 e. The predicted molar refractivity (Wildman–Crippen MR) is 87.4 cm³/mol. The van der Waals surface area contributed by atoms with E-state index in [0.717, 1.165) is 24.1 Å². The van der Waals surface area contributed by atoms with Gasteiger partial charge in [-0.25, -0.2) is 0 Å². The molecular formula is C16H18Cl2N2O. The first-order chi connectivity index (χ1) is 10.2. The van der Waals surface area contributed by atoms with Gasteiger partial charge in [0.05, 0.1) is 23.2 Å². The molecule has 112 valence electrons. The molecular weight excluding hydrogens is 307 g/mol. The molecule has 1 unspecified atom stereocenters.